The van der Waals surface area contributed by atoms with E-state index in [1.165, 1.54) is 6.42 Å². The molecule has 0 nitrogen and oxygen atoms in total. The average molecular weight is 133 g/mol. The van der Waals surface area contributed by atoms with Gasteiger partial charge in [-0.15, -0.1) is 11.6 Å². The van der Waals surface area contributed by atoms with Gasteiger partial charge in [0.2, 0.25) is 0 Å². The summed E-state index contributed by atoms with van der Waals surface area (Å²) < 4.78 is 0. The van der Waals surface area contributed by atoms with Gasteiger partial charge in [0.05, 0.1) is 0 Å². The predicted molar refractivity (Wildman–Crippen MR) is 37.2 cm³/mol. The highest BCUT2D eigenvalue weighted by molar-refractivity contribution is 6.22. The first kappa shape index (κ1) is 6.41. The summed E-state index contributed by atoms with van der Waals surface area (Å²) >= 11 is 5.84. The molecule has 0 N–H and O–H groups in total. The minimum atomic E-state index is 0.451. The molecule has 1 rings (SSSR count). The molecule has 0 spiro atoms. The summed E-state index contributed by atoms with van der Waals surface area (Å²) in [6.45, 7) is 6.75. The third-order valence-electron chi connectivity index (χ3n) is 1.82. The van der Waals surface area contributed by atoms with Gasteiger partial charge in [-0.3, -0.25) is 0 Å². The van der Waals surface area contributed by atoms with Gasteiger partial charge in [-0.05, 0) is 17.8 Å². The smallest absolute Gasteiger partial charge is 0.0373 e. The second-order valence-electron chi connectivity index (χ2n) is 3.72. The van der Waals surface area contributed by atoms with E-state index in [0.29, 0.717) is 10.8 Å². The van der Waals surface area contributed by atoms with Crippen molar-refractivity contribution in [2.24, 2.45) is 11.3 Å². The van der Waals surface area contributed by atoms with E-state index in [1.54, 1.807) is 0 Å². The Balaban J connectivity index is 2.39. The molecule has 1 heteroatoms. The lowest BCUT2D eigenvalue weighted by atomic mass is 9.90. The van der Waals surface area contributed by atoms with Crippen molar-refractivity contribution >= 4 is 11.6 Å². The number of halogens is 1. The zero-order chi connectivity index (χ0) is 6.36. The van der Waals surface area contributed by atoms with Gasteiger partial charge >= 0.3 is 0 Å². The molecule has 0 amide bonds. The highest BCUT2D eigenvalue weighted by atomic mass is 35.5. The van der Waals surface area contributed by atoms with Crippen LogP contribution in [0.1, 0.15) is 27.2 Å². The van der Waals surface area contributed by atoms with Crippen molar-refractivity contribution in [1.29, 1.82) is 0 Å². The van der Waals surface area contributed by atoms with Crippen LogP contribution in [0.3, 0.4) is 0 Å². The van der Waals surface area contributed by atoms with Crippen LogP contribution in [0, 0.1) is 11.3 Å². The minimum absolute atomic E-state index is 0.451. The Hall–Kier alpha value is 0.290. The van der Waals surface area contributed by atoms with Crippen LogP contribution in [0.4, 0.5) is 0 Å². The standard InChI is InChI=1S/C7H13Cl/c1-7(2,3)5-4-6(5)8/h5-6H,4H2,1-3H3. The van der Waals surface area contributed by atoms with E-state index in [-0.39, 0.29) is 0 Å². The fraction of sp³-hybridized carbons (Fsp3) is 1.00. The summed E-state index contributed by atoms with van der Waals surface area (Å²) in [6, 6.07) is 0. The van der Waals surface area contributed by atoms with Gasteiger partial charge < -0.3 is 0 Å². The Morgan fingerprint density at radius 3 is 1.75 bits per heavy atom. The lowest BCUT2D eigenvalue weighted by molar-refractivity contribution is 0.352. The third kappa shape index (κ3) is 1.17. The molecule has 0 aromatic carbocycles. The van der Waals surface area contributed by atoms with Gasteiger partial charge in [0.15, 0.2) is 0 Å². The summed E-state index contributed by atoms with van der Waals surface area (Å²) in [5, 5.41) is 0.481. The van der Waals surface area contributed by atoms with Crippen molar-refractivity contribution in [3.63, 3.8) is 0 Å². The van der Waals surface area contributed by atoms with Gasteiger partial charge in [0, 0.05) is 5.38 Å². The van der Waals surface area contributed by atoms with Crippen LogP contribution in [0.5, 0.6) is 0 Å². The van der Waals surface area contributed by atoms with Crippen LogP contribution in [0.2, 0.25) is 0 Å². The SMILES string of the molecule is CC(C)(C)C1CC1Cl. The molecule has 0 saturated heterocycles. The van der Waals surface area contributed by atoms with Gasteiger partial charge in [-0.1, -0.05) is 20.8 Å². The molecular formula is C7H13Cl. The van der Waals surface area contributed by atoms with Crippen LogP contribution < -0.4 is 0 Å². The third-order valence-corrected chi connectivity index (χ3v) is 2.31. The van der Waals surface area contributed by atoms with Crippen molar-refractivity contribution < 1.29 is 0 Å². The first-order valence-corrected chi connectivity index (χ1v) is 3.59. The van der Waals surface area contributed by atoms with Crippen LogP contribution in [-0.2, 0) is 0 Å². The maximum absolute atomic E-state index is 5.84. The summed E-state index contributed by atoms with van der Waals surface area (Å²) in [6.07, 6.45) is 1.23. The van der Waals surface area contributed by atoms with E-state index < -0.39 is 0 Å². The van der Waals surface area contributed by atoms with Gasteiger partial charge in [0.1, 0.15) is 0 Å². The molecule has 1 fully saturated rings. The largest absolute Gasteiger partial charge is 0.123 e. The molecule has 8 heavy (non-hydrogen) atoms. The zero-order valence-corrected chi connectivity index (χ0v) is 6.50. The van der Waals surface area contributed by atoms with E-state index in [0.717, 1.165) is 5.92 Å². The van der Waals surface area contributed by atoms with Gasteiger partial charge in [-0.25, -0.2) is 0 Å². The quantitative estimate of drug-likeness (QED) is 0.445. The molecule has 1 aliphatic rings. The molecule has 1 saturated carbocycles. The highest BCUT2D eigenvalue weighted by Crippen LogP contribution is 2.48. The molecule has 0 heterocycles. The summed E-state index contributed by atoms with van der Waals surface area (Å²) in [4.78, 5) is 0. The number of hydrogen-bond acceptors (Lipinski definition) is 0. The van der Waals surface area contributed by atoms with Crippen molar-refractivity contribution in [2.45, 2.75) is 32.6 Å². The van der Waals surface area contributed by atoms with Crippen LogP contribution in [0.15, 0.2) is 0 Å². The van der Waals surface area contributed by atoms with E-state index in [9.17, 15) is 0 Å². The fourth-order valence-electron chi connectivity index (χ4n) is 1.06. The van der Waals surface area contributed by atoms with E-state index >= 15 is 0 Å². The number of hydrogen-bond donors (Lipinski definition) is 0. The fourth-order valence-corrected chi connectivity index (χ4v) is 1.63. The van der Waals surface area contributed by atoms with Gasteiger partial charge in [-0.2, -0.15) is 0 Å². The lowest BCUT2D eigenvalue weighted by Crippen LogP contribution is -2.08. The van der Waals surface area contributed by atoms with Crippen molar-refractivity contribution in [1.82, 2.24) is 0 Å². The lowest BCUT2D eigenvalue weighted by Gasteiger charge is -2.16. The van der Waals surface area contributed by atoms with E-state index in [2.05, 4.69) is 20.8 Å². The molecule has 0 aromatic rings. The first-order chi connectivity index (χ1) is 3.52. The zero-order valence-electron chi connectivity index (χ0n) is 5.74. The van der Waals surface area contributed by atoms with E-state index in [4.69, 9.17) is 11.6 Å². The number of alkyl halides is 1. The predicted octanol–water partition coefficient (Wildman–Crippen LogP) is 2.66. The number of rotatable bonds is 0. The molecule has 48 valence electrons. The molecule has 0 aliphatic heterocycles. The average Bonchev–Trinajstić information content (AvgIpc) is 2.13. The second-order valence-corrected chi connectivity index (χ2v) is 4.28. The molecule has 0 aromatic heterocycles. The van der Waals surface area contributed by atoms with Crippen molar-refractivity contribution in [3.05, 3.63) is 0 Å². The van der Waals surface area contributed by atoms with Crippen LogP contribution >= 0.6 is 11.6 Å². The van der Waals surface area contributed by atoms with Crippen LogP contribution in [0.25, 0.3) is 0 Å². The molecule has 2 atom stereocenters. The topological polar surface area (TPSA) is 0 Å². The Labute approximate surface area is 56.2 Å². The molecule has 0 radical (unpaired) electrons. The summed E-state index contributed by atoms with van der Waals surface area (Å²) in [7, 11) is 0. The maximum atomic E-state index is 5.84. The van der Waals surface area contributed by atoms with Crippen molar-refractivity contribution in [3.8, 4) is 0 Å². The van der Waals surface area contributed by atoms with E-state index in [1.807, 2.05) is 0 Å². The van der Waals surface area contributed by atoms with Gasteiger partial charge in [0.25, 0.3) is 0 Å². The highest BCUT2D eigenvalue weighted by Gasteiger charge is 2.43. The Morgan fingerprint density at radius 2 is 1.75 bits per heavy atom. The minimum Gasteiger partial charge on any atom is -0.123 e. The second kappa shape index (κ2) is 1.63. The molecular weight excluding hydrogens is 120 g/mol. The molecule has 1 aliphatic carbocycles. The summed E-state index contributed by atoms with van der Waals surface area (Å²) in [5.41, 5.74) is 0.451. The summed E-state index contributed by atoms with van der Waals surface area (Å²) in [5.74, 6) is 0.782. The molecule has 0 bridgehead atoms. The maximum Gasteiger partial charge on any atom is 0.0373 e. The first-order valence-electron chi connectivity index (χ1n) is 3.16. The normalized spacial score (nSPS) is 37.5. The Morgan fingerprint density at radius 1 is 1.38 bits per heavy atom. The Kier molecular flexibility index (Phi) is 1.31. The molecule has 2 unspecified atom stereocenters. The monoisotopic (exact) mass is 132 g/mol. The Bertz CT molecular complexity index is 91.1. The van der Waals surface area contributed by atoms with Crippen molar-refractivity contribution in [2.75, 3.05) is 0 Å². The van der Waals surface area contributed by atoms with Crippen LogP contribution in [-0.4, -0.2) is 5.38 Å².